The number of epoxide rings is 1. The highest BCUT2D eigenvalue weighted by Gasteiger charge is 2.30. The molecule has 9 heavy (non-hydrogen) atoms. The number of hydrogen-bond donors (Lipinski definition) is 0. The van der Waals surface area contributed by atoms with Gasteiger partial charge < -0.3 is 4.74 Å². The largest absolute Gasteiger partial charge is 0.353 e. The van der Waals surface area contributed by atoms with Crippen LogP contribution in [0.3, 0.4) is 0 Å². The number of hydrogen-bond acceptors (Lipinski definition) is 1. The van der Waals surface area contributed by atoms with Gasteiger partial charge in [-0.1, -0.05) is 29.3 Å². The molecule has 3 heteroatoms. The maximum absolute atomic E-state index is 5.31. The van der Waals surface area contributed by atoms with Gasteiger partial charge in [0.1, 0.15) is 0 Å². The van der Waals surface area contributed by atoms with E-state index in [4.69, 9.17) is 23.2 Å². The molecule has 0 spiro atoms. The number of allylic oxidation sites excluding steroid dienone is 1. The first-order chi connectivity index (χ1) is 4.22. The number of halogens is 2. The van der Waals surface area contributed by atoms with Crippen molar-refractivity contribution in [3.05, 3.63) is 11.6 Å². The normalized spacial score (nSPS) is 31.6. The van der Waals surface area contributed by atoms with Crippen LogP contribution in [0.25, 0.3) is 0 Å². The molecule has 0 aromatic heterocycles. The van der Waals surface area contributed by atoms with Gasteiger partial charge in [0.15, 0.2) is 5.56 Å². The molecule has 0 amide bonds. The lowest BCUT2D eigenvalue weighted by Crippen LogP contribution is -1.69. The van der Waals surface area contributed by atoms with Crippen molar-refractivity contribution in [2.24, 2.45) is 0 Å². The van der Waals surface area contributed by atoms with Crippen molar-refractivity contribution in [2.45, 2.75) is 25.5 Å². The van der Waals surface area contributed by atoms with Crippen molar-refractivity contribution in [3.63, 3.8) is 0 Å². The van der Waals surface area contributed by atoms with Gasteiger partial charge in [0.2, 0.25) is 0 Å². The summed E-state index contributed by atoms with van der Waals surface area (Å²) in [6.45, 7) is 3.81. The molecule has 0 N–H and O–H groups in total. The Morgan fingerprint density at radius 2 is 1.78 bits per heavy atom. The molecule has 2 unspecified atom stereocenters. The lowest BCUT2D eigenvalue weighted by Gasteiger charge is -1.55. The van der Waals surface area contributed by atoms with Crippen LogP contribution in [-0.4, -0.2) is 11.7 Å². The zero-order chi connectivity index (χ0) is 7.28. The van der Waals surface area contributed by atoms with Crippen molar-refractivity contribution >= 4 is 23.2 Å². The van der Waals surface area contributed by atoms with E-state index in [2.05, 4.69) is 4.74 Å². The van der Waals surface area contributed by atoms with Crippen molar-refractivity contribution < 1.29 is 4.74 Å². The molecule has 1 aliphatic rings. The molecule has 0 aromatic rings. The lowest BCUT2D eigenvalue weighted by molar-refractivity contribution is 0.411. The van der Waals surface area contributed by atoms with Gasteiger partial charge in [0, 0.05) is 0 Å². The van der Waals surface area contributed by atoms with Crippen LogP contribution < -0.4 is 0 Å². The SMILES string of the molecule is CC1OC1Cl.CC=CCl. The highest BCUT2D eigenvalue weighted by atomic mass is 35.5. The molecule has 1 saturated heterocycles. The number of rotatable bonds is 0. The van der Waals surface area contributed by atoms with Gasteiger partial charge in [-0.3, -0.25) is 0 Å². The van der Waals surface area contributed by atoms with Crippen molar-refractivity contribution in [1.82, 2.24) is 0 Å². The predicted molar refractivity (Wildman–Crippen MR) is 40.9 cm³/mol. The summed E-state index contributed by atoms with van der Waals surface area (Å²) in [4.78, 5) is 0. The molecular formula is C6H10Cl2O. The summed E-state index contributed by atoms with van der Waals surface area (Å²) in [5.74, 6) is 0. The first-order valence-corrected chi connectivity index (χ1v) is 3.60. The molecule has 0 aromatic carbocycles. The summed E-state index contributed by atoms with van der Waals surface area (Å²) < 4.78 is 4.68. The molecule has 0 radical (unpaired) electrons. The fraction of sp³-hybridized carbons (Fsp3) is 0.667. The first-order valence-electron chi connectivity index (χ1n) is 2.73. The Morgan fingerprint density at radius 1 is 1.56 bits per heavy atom. The Labute approximate surface area is 65.6 Å². The third kappa shape index (κ3) is 6.16. The summed E-state index contributed by atoms with van der Waals surface area (Å²) in [7, 11) is 0. The highest BCUT2D eigenvalue weighted by Crippen LogP contribution is 2.23. The van der Waals surface area contributed by atoms with Crippen LogP contribution in [0.15, 0.2) is 11.6 Å². The van der Waals surface area contributed by atoms with Gasteiger partial charge in [0.05, 0.1) is 6.10 Å². The summed E-state index contributed by atoms with van der Waals surface area (Å²) in [6.07, 6.45) is 2.08. The van der Waals surface area contributed by atoms with Crippen LogP contribution in [0, 0.1) is 0 Å². The Morgan fingerprint density at radius 3 is 1.78 bits per heavy atom. The standard InChI is InChI=1S/C3H5ClO.C3H5Cl/c1-2-3(4)5-2;1-2-3-4/h2-3H,1H3;2-3H,1H3. The summed E-state index contributed by atoms with van der Waals surface area (Å²) in [5, 5.41) is 0. The Balaban J connectivity index is 0.000000148. The van der Waals surface area contributed by atoms with Crippen molar-refractivity contribution in [3.8, 4) is 0 Å². The van der Waals surface area contributed by atoms with Gasteiger partial charge >= 0.3 is 0 Å². The van der Waals surface area contributed by atoms with E-state index in [1.807, 2.05) is 13.8 Å². The Bertz CT molecular complexity index is 83.1. The van der Waals surface area contributed by atoms with E-state index in [0.717, 1.165) is 0 Å². The van der Waals surface area contributed by atoms with Gasteiger partial charge in [0.25, 0.3) is 0 Å². The third-order valence-electron chi connectivity index (χ3n) is 0.763. The van der Waals surface area contributed by atoms with E-state index in [1.165, 1.54) is 5.54 Å². The number of ether oxygens (including phenoxy) is 1. The summed E-state index contributed by atoms with van der Waals surface area (Å²) >= 11 is 10.3. The van der Waals surface area contributed by atoms with E-state index < -0.39 is 0 Å². The Hall–Kier alpha value is 0.280. The molecule has 0 saturated carbocycles. The molecule has 1 aliphatic heterocycles. The summed E-state index contributed by atoms with van der Waals surface area (Å²) in [5.41, 5.74) is 1.50. The minimum atomic E-state index is 0.0231. The number of alkyl halides is 1. The molecule has 0 aliphatic carbocycles. The molecular weight excluding hydrogens is 159 g/mol. The third-order valence-corrected chi connectivity index (χ3v) is 1.47. The van der Waals surface area contributed by atoms with E-state index in [-0.39, 0.29) is 5.56 Å². The van der Waals surface area contributed by atoms with E-state index >= 15 is 0 Å². The first kappa shape index (κ1) is 9.28. The Kier molecular flexibility index (Phi) is 5.25. The maximum Gasteiger partial charge on any atom is 0.157 e. The van der Waals surface area contributed by atoms with Crippen LogP contribution in [-0.2, 0) is 4.74 Å². The lowest BCUT2D eigenvalue weighted by atomic mass is 10.6. The van der Waals surface area contributed by atoms with E-state index in [1.54, 1.807) is 6.08 Å². The predicted octanol–water partition coefficient (Wildman–Crippen LogP) is 2.73. The van der Waals surface area contributed by atoms with Crippen LogP contribution in [0.1, 0.15) is 13.8 Å². The summed E-state index contributed by atoms with van der Waals surface area (Å²) in [6, 6.07) is 0. The zero-order valence-electron chi connectivity index (χ0n) is 5.47. The van der Waals surface area contributed by atoms with Gasteiger partial charge in [-0.25, -0.2) is 0 Å². The molecule has 2 atom stereocenters. The zero-order valence-corrected chi connectivity index (χ0v) is 6.99. The van der Waals surface area contributed by atoms with Gasteiger partial charge in [-0.2, -0.15) is 0 Å². The highest BCUT2D eigenvalue weighted by molar-refractivity contribution is 6.25. The smallest absolute Gasteiger partial charge is 0.157 e. The molecule has 1 fully saturated rings. The molecule has 1 heterocycles. The minimum Gasteiger partial charge on any atom is -0.353 e. The molecule has 54 valence electrons. The monoisotopic (exact) mass is 168 g/mol. The maximum atomic E-state index is 5.31. The fourth-order valence-corrected chi connectivity index (χ4v) is 0.322. The second-order valence-corrected chi connectivity index (χ2v) is 2.33. The molecule has 0 bridgehead atoms. The van der Waals surface area contributed by atoms with Gasteiger partial charge in [-0.15, -0.1) is 0 Å². The second kappa shape index (κ2) is 5.10. The second-order valence-electron chi connectivity index (χ2n) is 1.65. The van der Waals surface area contributed by atoms with Crippen LogP contribution in [0.5, 0.6) is 0 Å². The van der Waals surface area contributed by atoms with E-state index in [9.17, 15) is 0 Å². The van der Waals surface area contributed by atoms with Crippen LogP contribution in [0.2, 0.25) is 0 Å². The van der Waals surface area contributed by atoms with Gasteiger partial charge in [-0.05, 0) is 19.4 Å². The molecule has 1 nitrogen and oxygen atoms in total. The van der Waals surface area contributed by atoms with Crippen molar-refractivity contribution in [2.75, 3.05) is 0 Å². The van der Waals surface area contributed by atoms with Crippen LogP contribution >= 0.6 is 23.2 Å². The molecule has 1 rings (SSSR count). The quantitative estimate of drug-likeness (QED) is 0.401. The van der Waals surface area contributed by atoms with Crippen LogP contribution in [0.4, 0.5) is 0 Å². The average Bonchev–Trinajstić information content (AvgIpc) is 2.47. The fourth-order valence-electron chi connectivity index (χ4n) is 0.160. The topological polar surface area (TPSA) is 12.5 Å². The minimum absolute atomic E-state index is 0.0231. The average molecular weight is 169 g/mol. The van der Waals surface area contributed by atoms with E-state index in [0.29, 0.717) is 6.10 Å². The van der Waals surface area contributed by atoms with Crippen molar-refractivity contribution in [1.29, 1.82) is 0 Å².